The molecule has 0 saturated carbocycles. The molecule has 7 atom stereocenters. The molecular weight excluding hydrogens is 529 g/mol. The van der Waals surface area contributed by atoms with Crippen LogP contribution in [0.3, 0.4) is 0 Å². The number of imidazole rings is 1. The number of phosphoric ester groups is 1. The van der Waals surface area contributed by atoms with Gasteiger partial charge in [-0.05, 0) is 6.54 Å². The van der Waals surface area contributed by atoms with Crippen LogP contribution in [0.1, 0.15) is 18.8 Å². The Morgan fingerprint density at radius 1 is 1.18 bits per heavy atom. The molecule has 0 bridgehead atoms. The smallest absolute Gasteiger partial charge is 0.387 e. The molecular formula is C12H23N6O13P3. The van der Waals surface area contributed by atoms with Crippen molar-refractivity contribution in [3.63, 3.8) is 0 Å². The zero-order chi connectivity index (χ0) is 25.5. The predicted octanol–water partition coefficient (Wildman–Crippen LogP) is -2.13. The summed E-state index contributed by atoms with van der Waals surface area (Å²) in [5, 5.41) is 26.7. The molecule has 1 fully saturated rings. The highest BCUT2D eigenvalue weighted by Crippen LogP contribution is 2.66. The first-order valence-corrected chi connectivity index (χ1v) is 13.8. The fourth-order valence-electron chi connectivity index (χ4n) is 3.10. The maximum atomic E-state index is 11.9. The fourth-order valence-corrected chi connectivity index (χ4v) is 6.13. The molecule has 2 aliphatic rings. The lowest BCUT2D eigenvalue weighted by Crippen LogP contribution is -2.41. The lowest BCUT2D eigenvalue weighted by Gasteiger charge is -2.25. The molecule has 0 radical (unpaired) electrons. The summed E-state index contributed by atoms with van der Waals surface area (Å²) in [6.45, 7) is 1.43. The molecule has 0 amide bonds. The van der Waals surface area contributed by atoms with Crippen molar-refractivity contribution >= 4 is 35.1 Å². The van der Waals surface area contributed by atoms with Crippen LogP contribution in [0.4, 0.5) is 5.82 Å². The molecule has 0 spiro atoms. The first-order valence-electron chi connectivity index (χ1n) is 9.33. The van der Waals surface area contributed by atoms with Gasteiger partial charge in [0.25, 0.3) is 0 Å². The van der Waals surface area contributed by atoms with E-state index < -0.39 is 60.9 Å². The zero-order valence-electron chi connectivity index (χ0n) is 17.2. The molecule has 1 aromatic heterocycles. The summed E-state index contributed by atoms with van der Waals surface area (Å²) in [5.41, 5.74) is 6.15. The molecule has 34 heavy (non-hydrogen) atoms. The largest absolute Gasteiger partial charge is 0.490 e. The summed E-state index contributed by atoms with van der Waals surface area (Å²) in [6, 6.07) is 0. The first kappa shape index (κ1) is 27.3. The van der Waals surface area contributed by atoms with E-state index in [2.05, 4.69) is 33.8 Å². The minimum Gasteiger partial charge on any atom is -0.387 e. The standard InChI is InChI=1S/C12H23N6O13P3/c1-2-14-12-16-9(13)6-10(17-12)18(4-15-6)11-8(20)7(19)5(29-11)3-28-33(24,25)31-34(26,27)30-32(21,22)23/h4-5,7-8,11-12,14,17,19-20H,2-3H2,1H3,(H2,13,16)(H,24,25)(H,26,27)(H2,21,22,23)/t5-,7-,8-,11-,12?/m1/s1. The lowest BCUT2D eigenvalue weighted by atomic mass is 10.1. The van der Waals surface area contributed by atoms with Gasteiger partial charge >= 0.3 is 23.5 Å². The number of aliphatic hydroxyl groups excluding tert-OH is 2. The maximum Gasteiger partial charge on any atom is 0.490 e. The van der Waals surface area contributed by atoms with Crippen LogP contribution in [0, 0.1) is 0 Å². The number of nitrogens with one attached hydrogen (secondary N) is 2. The van der Waals surface area contributed by atoms with E-state index in [1.165, 1.54) is 10.9 Å². The van der Waals surface area contributed by atoms with Crippen molar-refractivity contribution in [3.05, 3.63) is 12.0 Å². The van der Waals surface area contributed by atoms with Crippen molar-refractivity contribution in [2.45, 2.75) is 37.8 Å². The summed E-state index contributed by atoms with van der Waals surface area (Å²) in [5.74, 6) is 0.388. The average Bonchev–Trinajstić information content (AvgIpc) is 3.20. The normalized spacial score (nSPS) is 30.7. The van der Waals surface area contributed by atoms with Gasteiger partial charge in [0.1, 0.15) is 29.8 Å². The van der Waals surface area contributed by atoms with Crippen molar-refractivity contribution < 1.29 is 61.4 Å². The van der Waals surface area contributed by atoms with Gasteiger partial charge in [-0.2, -0.15) is 8.62 Å². The quantitative estimate of drug-likeness (QED) is 0.140. The van der Waals surface area contributed by atoms with Crippen molar-refractivity contribution in [1.29, 1.82) is 0 Å². The number of aromatic nitrogens is 2. The molecule has 1 saturated heterocycles. The van der Waals surface area contributed by atoms with Gasteiger partial charge in [0, 0.05) is 0 Å². The highest BCUT2D eigenvalue weighted by atomic mass is 31.3. The second-order valence-corrected chi connectivity index (χ2v) is 11.3. The summed E-state index contributed by atoms with van der Waals surface area (Å²) >= 11 is 0. The van der Waals surface area contributed by atoms with E-state index in [1.54, 1.807) is 0 Å². The average molecular weight is 552 g/mol. The van der Waals surface area contributed by atoms with E-state index in [1.807, 2.05) is 6.92 Å². The van der Waals surface area contributed by atoms with Crippen LogP contribution < -0.4 is 16.4 Å². The van der Waals surface area contributed by atoms with Crippen LogP contribution in [0.15, 0.2) is 11.3 Å². The van der Waals surface area contributed by atoms with Crippen molar-refractivity contribution in [2.75, 3.05) is 18.5 Å². The summed E-state index contributed by atoms with van der Waals surface area (Å²) in [6.07, 6.45) is -5.36. The Morgan fingerprint density at radius 3 is 2.47 bits per heavy atom. The topological polar surface area (TPSA) is 290 Å². The third-order valence-electron chi connectivity index (χ3n) is 4.40. The first-order chi connectivity index (χ1) is 15.6. The number of hydrogen-bond acceptors (Lipinski definition) is 14. The Balaban J connectivity index is 1.69. The predicted molar refractivity (Wildman–Crippen MR) is 110 cm³/mol. The number of rotatable bonds is 10. The number of fused-ring (bicyclic) bond motifs is 1. The van der Waals surface area contributed by atoms with Crippen molar-refractivity contribution in [2.24, 2.45) is 10.7 Å². The number of aliphatic hydroxyl groups is 2. The number of aliphatic imine (C=N–C) groups is 1. The molecule has 3 unspecified atom stereocenters. The van der Waals surface area contributed by atoms with Gasteiger partial charge in [-0.3, -0.25) is 14.4 Å². The molecule has 0 aromatic carbocycles. The molecule has 0 aliphatic carbocycles. The molecule has 22 heteroatoms. The van der Waals surface area contributed by atoms with Crippen LogP contribution in [-0.4, -0.2) is 82.9 Å². The maximum absolute atomic E-state index is 11.9. The van der Waals surface area contributed by atoms with Gasteiger partial charge in [-0.25, -0.2) is 23.7 Å². The second-order valence-electron chi connectivity index (χ2n) is 6.90. The Bertz CT molecular complexity index is 1080. The number of nitrogens with two attached hydrogens (primary N) is 1. The van der Waals surface area contributed by atoms with Crippen molar-refractivity contribution in [1.82, 2.24) is 14.9 Å². The van der Waals surface area contributed by atoms with Crippen LogP contribution >= 0.6 is 23.5 Å². The number of amidine groups is 1. The van der Waals surface area contributed by atoms with Crippen LogP contribution in [0.2, 0.25) is 0 Å². The SMILES string of the molecule is CCNC1N=C(N)c2ncn([C@@H]3O[C@H](COP(=O)(O)OP(=O)(O)OP(=O)(O)O)[C@@H](O)[C@H]3O)c2N1. The highest BCUT2D eigenvalue weighted by Gasteiger charge is 2.47. The number of nitrogens with zero attached hydrogens (tertiary/aromatic N) is 3. The Morgan fingerprint density at radius 2 is 1.85 bits per heavy atom. The minimum atomic E-state index is -5.71. The van der Waals surface area contributed by atoms with Gasteiger partial charge in [-0.15, -0.1) is 0 Å². The zero-order valence-corrected chi connectivity index (χ0v) is 19.9. The molecule has 10 N–H and O–H groups in total. The number of hydrogen-bond donors (Lipinski definition) is 9. The molecule has 3 rings (SSSR count). The highest BCUT2D eigenvalue weighted by molar-refractivity contribution is 7.66. The molecule has 1 aromatic rings. The minimum absolute atomic E-state index is 0.0932. The Kier molecular flexibility index (Phi) is 8.04. The van der Waals surface area contributed by atoms with E-state index in [9.17, 15) is 33.7 Å². The van der Waals surface area contributed by atoms with Crippen LogP contribution in [0.5, 0.6) is 0 Å². The van der Waals surface area contributed by atoms with Gasteiger partial charge in [0.05, 0.1) is 12.9 Å². The van der Waals surface area contributed by atoms with Gasteiger partial charge in [-0.1, -0.05) is 6.92 Å². The van der Waals surface area contributed by atoms with Crippen molar-refractivity contribution in [3.8, 4) is 0 Å². The van der Waals surface area contributed by atoms with Crippen LogP contribution in [-0.2, 0) is 31.6 Å². The summed E-state index contributed by atoms with van der Waals surface area (Å²) < 4.78 is 52.4. The van der Waals surface area contributed by atoms with Gasteiger partial charge < -0.3 is 45.6 Å². The fraction of sp³-hybridized carbons (Fsp3) is 0.667. The third-order valence-corrected chi connectivity index (χ3v) is 8.21. The molecule has 2 aliphatic heterocycles. The van der Waals surface area contributed by atoms with Gasteiger partial charge in [0.15, 0.2) is 18.4 Å². The van der Waals surface area contributed by atoms with E-state index in [0.717, 1.165) is 0 Å². The second kappa shape index (κ2) is 10.0. The third kappa shape index (κ3) is 6.48. The molecule has 3 heterocycles. The number of ether oxygens (including phenoxy) is 1. The summed E-state index contributed by atoms with van der Waals surface area (Å²) in [4.78, 5) is 44.1. The lowest BCUT2D eigenvalue weighted by molar-refractivity contribution is -0.0511. The van der Waals surface area contributed by atoms with E-state index >= 15 is 0 Å². The number of anilines is 1. The molecule has 194 valence electrons. The Labute approximate surface area is 191 Å². The monoisotopic (exact) mass is 552 g/mol. The van der Waals surface area contributed by atoms with E-state index in [4.69, 9.17) is 20.3 Å². The van der Waals surface area contributed by atoms with Gasteiger partial charge in [0.2, 0.25) is 0 Å². The van der Waals surface area contributed by atoms with E-state index in [0.29, 0.717) is 12.4 Å². The summed E-state index contributed by atoms with van der Waals surface area (Å²) in [7, 11) is -16.7. The Hall–Kier alpha value is -1.27. The van der Waals surface area contributed by atoms with E-state index in [-0.39, 0.29) is 11.5 Å². The number of phosphoric acid groups is 3. The molecule has 19 nitrogen and oxygen atoms in total. The van der Waals surface area contributed by atoms with Crippen LogP contribution in [0.25, 0.3) is 0 Å².